The first-order valence-corrected chi connectivity index (χ1v) is 9.43. The highest BCUT2D eigenvalue weighted by atomic mass is 32.1. The van der Waals surface area contributed by atoms with Crippen LogP contribution in [0.3, 0.4) is 0 Å². The van der Waals surface area contributed by atoms with Gasteiger partial charge in [-0.05, 0) is 38.8 Å². The van der Waals surface area contributed by atoms with Crippen LogP contribution in [0.2, 0.25) is 0 Å². The smallest absolute Gasteiger partial charge is 0.220 e. The minimum Gasteiger partial charge on any atom is -0.375 e. The van der Waals surface area contributed by atoms with Gasteiger partial charge in [0.25, 0.3) is 0 Å². The second kappa shape index (κ2) is 7.70. The minimum atomic E-state index is -0.110. The Kier molecular flexibility index (Phi) is 5.37. The summed E-state index contributed by atoms with van der Waals surface area (Å²) in [5.41, 5.74) is 10.7. The van der Waals surface area contributed by atoms with Crippen molar-refractivity contribution in [1.29, 1.82) is 0 Å². The number of amides is 1. The predicted molar refractivity (Wildman–Crippen MR) is 104 cm³/mol. The number of nitrogens with one attached hydrogen (secondary N) is 1. The van der Waals surface area contributed by atoms with Crippen molar-refractivity contribution in [1.82, 2.24) is 20.1 Å². The van der Waals surface area contributed by atoms with E-state index < -0.39 is 0 Å². The van der Waals surface area contributed by atoms with E-state index in [-0.39, 0.29) is 11.9 Å². The number of aromatic nitrogens is 3. The fraction of sp³-hybridized carbons (Fsp3) is 0.316. The molecule has 2 heterocycles. The van der Waals surface area contributed by atoms with E-state index in [1.165, 1.54) is 11.3 Å². The van der Waals surface area contributed by atoms with E-state index in [9.17, 15) is 4.79 Å². The molecule has 2 aromatic heterocycles. The van der Waals surface area contributed by atoms with Gasteiger partial charge in [-0.15, -0.1) is 11.3 Å². The number of nitrogens with two attached hydrogens (primary N) is 1. The van der Waals surface area contributed by atoms with Crippen molar-refractivity contribution in [2.45, 2.75) is 39.7 Å². The van der Waals surface area contributed by atoms with Gasteiger partial charge in [-0.1, -0.05) is 18.2 Å². The fourth-order valence-electron chi connectivity index (χ4n) is 2.96. The van der Waals surface area contributed by atoms with Crippen LogP contribution < -0.4 is 11.1 Å². The van der Waals surface area contributed by atoms with E-state index in [0.29, 0.717) is 18.0 Å². The van der Waals surface area contributed by atoms with E-state index >= 15 is 0 Å². The number of aryl methyl sites for hydroxylation is 2. The highest BCUT2D eigenvalue weighted by Crippen LogP contribution is 2.22. The van der Waals surface area contributed by atoms with Crippen molar-refractivity contribution in [3.63, 3.8) is 0 Å². The van der Waals surface area contributed by atoms with Crippen LogP contribution in [-0.2, 0) is 11.2 Å². The zero-order valence-electron chi connectivity index (χ0n) is 15.2. The summed E-state index contributed by atoms with van der Waals surface area (Å²) >= 11 is 1.39. The monoisotopic (exact) mass is 369 g/mol. The highest BCUT2D eigenvalue weighted by Gasteiger charge is 2.17. The molecule has 1 unspecified atom stereocenters. The molecule has 0 aliphatic carbocycles. The molecule has 136 valence electrons. The van der Waals surface area contributed by atoms with Gasteiger partial charge in [0.05, 0.1) is 23.6 Å². The second-order valence-electron chi connectivity index (χ2n) is 6.35. The lowest BCUT2D eigenvalue weighted by Crippen LogP contribution is -2.27. The summed E-state index contributed by atoms with van der Waals surface area (Å²) in [6.07, 6.45) is 2.81. The lowest BCUT2D eigenvalue weighted by atomic mass is 10.1. The third kappa shape index (κ3) is 3.94. The molecule has 0 fully saturated rings. The summed E-state index contributed by atoms with van der Waals surface area (Å²) < 4.78 is 1.92. The Labute approximate surface area is 157 Å². The van der Waals surface area contributed by atoms with Gasteiger partial charge < -0.3 is 11.1 Å². The third-order valence-corrected chi connectivity index (χ3v) is 5.14. The van der Waals surface area contributed by atoms with Gasteiger partial charge in [0.15, 0.2) is 5.13 Å². The van der Waals surface area contributed by atoms with Crippen LogP contribution in [0, 0.1) is 13.8 Å². The number of benzene rings is 1. The molecule has 1 amide bonds. The van der Waals surface area contributed by atoms with Gasteiger partial charge in [-0.2, -0.15) is 5.10 Å². The number of thiazole rings is 1. The molecule has 0 spiro atoms. The number of rotatable bonds is 6. The van der Waals surface area contributed by atoms with Crippen LogP contribution >= 0.6 is 11.3 Å². The number of para-hydroxylation sites is 1. The zero-order valence-corrected chi connectivity index (χ0v) is 16.0. The van der Waals surface area contributed by atoms with E-state index in [0.717, 1.165) is 28.2 Å². The lowest BCUT2D eigenvalue weighted by Gasteiger charge is -2.14. The quantitative estimate of drug-likeness (QED) is 0.698. The molecule has 1 atom stereocenters. The van der Waals surface area contributed by atoms with Crippen molar-refractivity contribution >= 4 is 22.4 Å². The molecule has 0 saturated heterocycles. The largest absolute Gasteiger partial charge is 0.375 e. The molecule has 0 bridgehead atoms. The van der Waals surface area contributed by atoms with Crippen molar-refractivity contribution < 1.29 is 4.79 Å². The molecule has 0 saturated carbocycles. The maximum Gasteiger partial charge on any atom is 0.220 e. The lowest BCUT2D eigenvalue weighted by molar-refractivity contribution is -0.121. The van der Waals surface area contributed by atoms with Crippen LogP contribution in [0.5, 0.6) is 0 Å². The Bertz CT molecular complexity index is 914. The molecule has 3 rings (SSSR count). The molecule has 0 aliphatic rings. The number of anilines is 1. The number of nitrogen functional groups attached to an aromatic ring is 1. The normalized spacial score (nSPS) is 12.1. The number of hydrogen-bond donors (Lipinski definition) is 2. The van der Waals surface area contributed by atoms with Crippen LogP contribution in [0.15, 0.2) is 35.8 Å². The fourth-order valence-corrected chi connectivity index (χ4v) is 3.56. The van der Waals surface area contributed by atoms with Gasteiger partial charge in [0.1, 0.15) is 0 Å². The molecule has 26 heavy (non-hydrogen) atoms. The standard InChI is InChI=1S/C19H23N5OS/c1-12-6-4-5-7-17(12)24-14(3)16(10-21-24)13(2)22-18(25)9-8-15-11-26-19(20)23-15/h4-7,10-11,13H,8-9H2,1-3H3,(H2,20,23)(H,22,25). The summed E-state index contributed by atoms with van der Waals surface area (Å²) in [5, 5.41) is 9.99. The number of hydrogen-bond acceptors (Lipinski definition) is 5. The summed E-state index contributed by atoms with van der Waals surface area (Å²) in [6, 6.07) is 8.01. The molecule has 6 nitrogen and oxygen atoms in total. The number of carbonyl (C=O) groups excluding carboxylic acids is 1. The molecule has 7 heteroatoms. The van der Waals surface area contributed by atoms with Crippen molar-refractivity contribution in [3.05, 3.63) is 58.4 Å². The third-order valence-electron chi connectivity index (χ3n) is 4.41. The molecular weight excluding hydrogens is 346 g/mol. The first-order valence-electron chi connectivity index (χ1n) is 8.55. The molecule has 1 aromatic carbocycles. The van der Waals surface area contributed by atoms with Crippen molar-refractivity contribution in [2.75, 3.05) is 5.73 Å². The zero-order chi connectivity index (χ0) is 18.7. The topological polar surface area (TPSA) is 85.8 Å². The van der Waals surface area contributed by atoms with Gasteiger partial charge in [0, 0.05) is 23.1 Å². The van der Waals surface area contributed by atoms with Crippen LogP contribution in [0.4, 0.5) is 5.13 Å². The Morgan fingerprint density at radius 2 is 2.12 bits per heavy atom. The Morgan fingerprint density at radius 1 is 1.35 bits per heavy atom. The minimum absolute atomic E-state index is 0.00730. The summed E-state index contributed by atoms with van der Waals surface area (Å²) in [5.74, 6) is -0.00730. The van der Waals surface area contributed by atoms with Crippen LogP contribution in [-0.4, -0.2) is 20.7 Å². The van der Waals surface area contributed by atoms with Crippen LogP contribution in [0.1, 0.15) is 41.9 Å². The summed E-state index contributed by atoms with van der Waals surface area (Å²) in [4.78, 5) is 16.4. The van der Waals surface area contributed by atoms with Crippen molar-refractivity contribution in [3.8, 4) is 5.69 Å². The van der Waals surface area contributed by atoms with Crippen LogP contribution in [0.25, 0.3) is 5.69 Å². The summed E-state index contributed by atoms with van der Waals surface area (Å²) in [6.45, 7) is 6.06. The average molecular weight is 369 g/mol. The average Bonchev–Trinajstić information content (AvgIpc) is 3.19. The van der Waals surface area contributed by atoms with E-state index in [1.54, 1.807) is 0 Å². The van der Waals surface area contributed by atoms with Gasteiger partial charge in [-0.3, -0.25) is 4.79 Å². The maximum absolute atomic E-state index is 12.3. The Morgan fingerprint density at radius 3 is 2.81 bits per heavy atom. The molecule has 0 radical (unpaired) electrons. The highest BCUT2D eigenvalue weighted by molar-refractivity contribution is 7.13. The Balaban J connectivity index is 1.65. The first-order chi connectivity index (χ1) is 12.5. The molecular formula is C19H23N5OS. The SMILES string of the molecule is Cc1ccccc1-n1ncc(C(C)NC(=O)CCc2csc(N)n2)c1C. The van der Waals surface area contributed by atoms with Gasteiger partial charge in [0.2, 0.25) is 5.91 Å². The molecule has 3 aromatic rings. The first kappa shape index (κ1) is 18.1. The van der Waals surface area contributed by atoms with Crippen molar-refractivity contribution in [2.24, 2.45) is 0 Å². The molecule has 3 N–H and O–H groups in total. The summed E-state index contributed by atoms with van der Waals surface area (Å²) in [7, 11) is 0. The van der Waals surface area contributed by atoms with Gasteiger partial charge in [-0.25, -0.2) is 9.67 Å². The van der Waals surface area contributed by atoms with E-state index in [2.05, 4.69) is 28.4 Å². The van der Waals surface area contributed by atoms with Gasteiger partial charge >= 0.3 is 0 Å². The molecule has 0 aliphatic heterocycles. The number of carbonyl (C=O) groups is 1. The predicted octanol–water partition coefficient (Wildman–Crippen LogP) is 3.34. The Hall–Kier alpha value is -2.67. The number of nitrogens with zero attached hydrogens (tertiary/aromatic N) is 3. The van der Waals surface area contributed by atoms with E-state index in [4.69, 9.17) is 5.73 Å². The maximum atomic E-state index is 12.3. The van der Waals surface area contributed by atoms with E-state index in [1.807, 2.05) is 48.3 Å². The second-order valence-corrected chi connectivity index (χ2v) is 7.24.